The summed E-state index contributed by atoms with van der Waals surface area (Å²) in [7, 11) is 0. The molecule has 2 aliphatic carbocycles. The molecule has 0 heterocycles. The van der Waals surface area contributed by atoms with E-state index in [2.05, 4.69) is 13.0 Å². The van der Waals surface area contributed by atoms with E-state index in [0.29, 0.717) is 0 Å². The van der Waals surface area contributed by atoms with Gasteiger partial charge < -0.3 is 5.73 Å². The van der Waals surface area contributed by atoms with Crippen molar-refractivity contribution in [3.63, 3.8) is 0 Å². The summed E-state index contributed by atoms with van der Waals surface area (Å²) in [6, 6.07) is 0. The molecular formula is C10H15N. The molecule has 0 aliphatic heterocycles. The lowest BCUT2D eigenvalue weighted by molar-refractivity contribution is 0.623. The van der Waals surface area contributed by atoms with E-state index in [1.807, 2.05) is 0 Å². The first-order valence-electron chi connectivity index (χ1n) is 4.44. The molecule has 1 atom stereocenters. The maximum Gasteiger partial charge on any atom is 0.0303 e. The standard InChI is InChI=1S/C10H15N/c1-7-9-4-2-3-8(9)5-6-10(7)11/h6,8H,2-5,11H2,1H3/t8-/m0/s1. The predicted octanol–water partition coefficient (Wildman–Crippen LogP) is 2.35. The monoisotopic (exact) mass is 149 g/mol. The molecule has 0 bridgehead atoms. The van der Waals surface area contributed by atoms with Gasteiger partial charge in [-0.05, 0) is 44.1 Å². The molecule has 0 radical (unpaired) electrons. The van der Waals surface area contributed by atoms with Gasteiger partial charge in [-0.2, -0.15) is 0 Å². The minimum Gasteiger partial charge on any atom is -0.399 e. The van der Waals surface area contributed by atoms with Crippen LogP contribution in [0.25, 0.3) is 0 Å². The van der Waals surface area contributed by atoms with Crippen molar-refractivity contribution in [3.8, 4) is 0 Å². The Hall–Kier alpha value is -0.720. The zero-order valence-corrected chi connectivity index (χ0v) is 7.06. The van der Waals surface area contributed by atoms with Crippen LogP contribution >= 0.6 is 0 Å². The molecule has 2 aliphatic rings. The van der Waals surface area contributed by atoms with Crippen LogP contribution in [0.4, 0.5) is 0 Å². The first kappa shape index (κ1) is 6.96. The molecule has 60 valence electrons. The Morgan fingerprint density at radius 3 is 3.18 bits per heavy atom. The van der Waals surface area contributed by atoms with Crippen LogP contribution in [0.15, 0.2) is 22.9 Å². The molecule has 0 unspecified atom stereocenters. The van der Waals surface area contributed by atoms with Gasteiger partial charge in [-0.15, -0.1) is 0 Å². The Balaban J connectivity index is 2.36. The van der Waals surface area contributed by atoms with Gasteiger partial charge in [0.1, 0.15) is 0 Å². The Morgan fingerprint density at radius 1 is 1.55 bits per heavy atom. The normalized spacial score (nSPS) is 30.3. The molecule has 2 N–H and O–H groups in total. The van der Waals surface area contributed by atoms with Crippen molar-refractivity contribution < 1.29 is 0 Å². The SMILES string of the molecule is CC1=C2CCC[C@H]2CC=C1N. The number of hydrogen-bond acceptors (Lipinski definition) is 1. The van der Waals surface area contributed by atoms with Crippen LogP contribution < -0.4 is 5.73 Å². The highest BCUT2D eigenvalue weighted by Gasteiger charge is 2.25. The van der Waals surface area contributed by atoms with Gasteiger partial charge in [-0.3, -0.25) is 0 Å². The van der Waals surface area contributed by atoms with Crippen LogP contribution in [0.1, 0.15) is 32.6 Å². The zero-order chi connectivity index (χ0) is 7.84. The highest BCUT2D eigenvalue weighted by molar-refractivity contribution is 5.37. The average molecular weight is 149 g/mol. The highest BCUT2D eigenvalue weighted by atomic mass is 14.6. The third-order valence-electron chi connectivity index (χ3n) is 3.03. The molecule has 0 saturated heterocycles. The van der Waals surface area contributed by atoms with E-state index in [1.54, 1.807) is 5.57 Å². The van der Waals surface area contributed by atoms with Gasteiger partial charge in [0, 0.05) is 5.70 Å². The molecule has 0 aromatic heterocycles. The summed E-state index contributed by atoms with van der Waals surface area (Å²) in [5, 5.41) is 0. The van der Waals surface area contributed by atoms with E-state index in [9.17, 15) is 0 Å². The van der Waals surface area contributed by atoms with Crippen molar-refractivity contribution in [1.82, 2.24) is 0 Å². The third-order valence-corrected chi connectivity index (χ3v) is 3.03. The molecule has 0 aromatic rings. The topological polar surface area (TPSA) is 26.0 Å². The molecule has 1 nitrogen and oxygen atoms in total. The summed E-state index contributed by atoms with van der Waals surface area (Å²) in [6.07, 6.45) is 7.44. The Bertz CT molecular complexity index is 235. The fourth-order valence-electron chi connectivity index (χ4n) is 2.28. The molecular weight excluding hydrogens is 134 g/mol. The van der Waals surface area contributed by atoms with Gasteiger partial charge >= 0.3 is 0 Å². The number of hydrogen-bond donors (Lipinski definition) is 1. The Kier molecular flexibility index (Phi) is 1.52. The predicted molar refractivity (Wildman–Crippen MR) is 46.9 cm³/mol. The number of rotatable bonds is 0. The van der Waals surface area contributed by atoms with Crippen molar-refractivity contribution in [2.24, 2.45) is 11.7 Å². The van der Waals surface area contributed by atoms with E-state index in [1.165, 1.54) is 31.3 Å². The van der Waals surface area contributed by atoms with Crippen molar-refractivity contribution in [2.45, 2.75) is 32.6 Å². The van der Waals surface area contributed by atoms with Gasteiger partial charge in [0.25, 0.3) is 0 Å². The number of nitrogens with two attached hydrogens (primary N) is 1. The fourth-order valence-corrected chi connectivity index (χ4v) is 2.28. The molecule has 1 saturated carbocycles. The van der Waals surface area contributed by atoms with Crippen molar-refractivity contribution in [3.05, 3.63) is 22.9 Å². The van der Waals surface area contributed by atoms with Gasteiger partial charge in [-0.25, -0.2) is 0 Å². The second kappa shape index (κ2) is 2.40. The van der Waals surface area contributed by atoms with Crippen LogP contribution in [-0.2, 0) is 0 Å². The number of fused-ring (bicyclic) bond motifs is 1. The third kappa shape index (κ3) is 0.991. The molecule has 0 amide bonds. The van der Waals surface area contributed by atoms with Crippen molar-refractivity contribution >= 4 is 0 Å². The summed E-state index contributed by atoms with van der Waals surface area (Å²) < 4.78 is 0. The second-order valence-electron chi connectivity index (χ2n) is 3.63. The van der Waals surface area contributed by atoms with Gasteiger partial charge in [0.05, 0.1) is 0 Å². The molecule has 0 aromatic carbocycles. The van der Waals surface area contributed by atoms with E-state index in [0.717, 1.165) is 11.6 Å². The van der Waals surface area contributed by atoms with Crippen LogP contribution in [0.2, 0.25) is 0 Å². The molecule has 1 heteroatoms. The van der Waals surface area contributed by atoms with Crippen LogP contribution in [-0.4, -0.2) is 0 Å². The van der Waals surface area contributed by atoms with Crippen LogP contribution in [0.3, 0.4) is 0 Å². The Labute approximate surface area is 68.0 Å². The van der Waals surface area contributed by atoms with Gasteiger partial charge in [-0.1, -0.05) is 11.6 Å². The first-order chi connectivity index (χ1) is 5.29. The molecule has 0 spiro atoms. The first-order valence-corrected chi connectivity index (χ1v) is 4.44. The molecule has 1 fully saturated rings. The fraction of sp³-hybridized carbons (Fsp3) is 0.600. The highest BCUT2D eigenvalue weighted by Crippen LogP contribution is 2.39. The molecule has 11 heavy (non-hydrogen) atoms. The van der Waals surface area contributed by atoms with Crippen molar-refractivity contribution in [1.29, 1.82) is 0 Å². The largest absolute Gasteiger partial charge is 0.399 e. The van der Waals surface area contributed by atoms with E-state index in [4.69, 9.17) is 5.73 Å². The van der Waals surface area contributed by atoms with E-state index in [-0.39, 0.29) is 0 Å². The maximum atomic E-state index is 5.84. The van der Waals surface area contributed by atoms with Gasteiger partial charge in [0.15, 0.2) is 0 Å². The summed E-state index contributed by atoms with van der Waals surface area (Å²) in [5.74, 6) is 0.849. The van der Waals surface area contributed by atoms with Crippen LogP contribution in [0.5, 0.6) is 0 Å². The second-order valence-corrected chi connectivity index (χ2v) is 3.63. The summed E-state index contributed by atoms with van der Waals surface area (Å²) >= 11 is 0. The smallest absolute Gasteiger partial charge is 0.0303 e. The lowest BCUT2D eigenvalue weighted by atomic mass is 9.89. The maximum absolute atomic E-state index is 5.84. The van der Waals surface area contributed by atoms with E-state index < -0.39 is 0 Å². The summed E-state index contributed by atoms with van der Waals surface area (Å²) in [5.41, 5.74) is 9.88. The summed E-state index contributed by atoms with van der Waals surface area (Å²) in [4.78, 5) is 0. The van der Waals surface area contributed by atoms with Gasteiger partial charge in [0.2, 0.25) is 0 Å². The summed E-state index contributed by atoms with van der Waals surface area (Å²) in [6.45, 7) is 2.17. The minimum atomic E-state index is 0.849. The number of allylic oxidation sites excluding steroid dienone is 3. The quantitative estimate of drug-likeness (QED) is 0.562. The van der Waals surface area contributed by atoms with Crippen molar-refractivity contribution in [2.75, 3.05) is 0 Å². The van der Waals surface area contributed by atoms with Crippen LogP contribution in [0, 0.1) is 5.92 Å². The molecule has 2 rings (SSSR count). The van der Waals surface area contributed by atoms with E-state index >= 15 is 0 Å². The lowest BCUT2D eigenvalue weighted by Gasteiger charge is -2.19. The minimum absolute atomic E-state index is 0.849. The Morgan fingerprint density at radius 2 is 2.36 bits per heavy atom. The average Bonchev–Trinajstić information content (AvgIpc) is 2.45. The lowest BCUT2D eigenvalue weighted by Crippen LogP contribution is -2.10. The zero-order valence-electron chi connectivity index (χ0n) is 7.06.